The highest BCUT2D eigenvalue weighted by atomic mass is 19.2. The van der Waals surface area contributed by atoms with E-state index in [4.69, 9.17) is 4.74 Å². The lowest BCUT2D eigenvalue weighted by Crippen LogP contribution is -2.25. The number of hydrazone groups is 1. The van der Waals surface area contributed by atoms with Gasteiger partial charge in [0, 0.05) is 0 Å². The molecule has 1 heterocycles. The van der Waals surface area contributed by atoms with E-state index in [1.54, 1.807) is 24.3 Å². The zero-order valence-electron chi connectivity index (χ0n) is 16.3. The molecule has 1 aliphatic heterocycles. The molecule has 1 amide bonds. The second kappa shape index (κ2) is 8.25. The van der Waals surface area contributed by atoms with Crippen molar-refractivity contribution in [2.24, 2.45) is 11.0 Å². The molecule has 0 aliphatic carbocycles. The van der Waals surface area contributed by atoms with Crippen molar-refractivity contribution in [3.8, 4) is 5.75 Å². The summed E-state index contributed by atoms with van der Waals surface area (Å²) >= 11 is 0. The summed E-state index contributed by atoms with van der Waals surface area (Å²) in [5.74, 6) is -10.9. The molecule has 0 unspecified atom stereocenters. The molecule has 30 heavy (non-hydrogen) atoms. The van der Waals surface area contributed by atoms with Gasteiger partial charge >= 0.3 is 0 Å². The molecule has 0 N–H and O–H groups in total. The van der Waals surface area contributed by atoms with Gasteiger partial charge in [0.25, 0.3) is 5.91 Å². The van der Waals surface area contributed by atoms with E-state index < -0.39 is 40.7 Å². The fourth-order valence-electron chi connectivity index (χ4n) is 2.70. The van der Waals surface area contributed by atoms with Crippen LogP contribution in [0.4, 0.5) is 27.6 Å². The molecule has 0 fully saturated rings. The maximum Gasteiger partial charge on any atom is 0.280 e. The molecule has 3 rings (SSSR count). The quantitative estimate of drug-likeness (QED) is 0.286. The van der Waals surface area contributed by atoms with Crippen LogP contribution in [0.2, 0.25) is 0 Å². The van der Waals surface area contributed by atoms with Crippen LogP contribution < -0.4 is 9.75 Å². The SMILES string of the molecule is CC1=NN(c2c(F)c(F)c(F)c(F)c2F)C(=O)/C1=C/c1ccc(OCC(C)C)cc1. The van der Waals surface area contributed by atoms with Crippen molar-refractivity contribution in [3.05, 3.63) is 64.5 Å². The molecule has 0 radical (unpaired) electrons. The van der Waals surface area contributed by atoms with Crippen molar-refractivity contribution >= 4 is 23.4 Å². The van der Waals surface area contributed by atoms with Crippen LogP contribution in [0.1, 0.15) is 26.3 Å². The molecule has 1 aliphatic rings. The van der Waals surface area contributed by atoms with E-state index in [1.165, 1.54) is 13.0 Å². The fraction of sp³-hybridized carbons (Fsp3) is 0.238. The first-order valence-corrected chi connectivity index (χ1v) is 8.97. The molecule has 2 aromatic rings. The Hall–Kier alpha value is -3.23. The highest BCUT2D eigenvalue weighted by Crippen LogP contribution is 2.34. The van der Waals surface area contributed by atoms with Crippen LogP contribution in [-0.4, -0.2) is 18.2 Å². The van der Waals surface area contributed by atoms with E-state index in [9.17, 15) is 26.7 Å². The Bertz CT molecular complexity index is 1030. The number of hydrogen-bond acceptors (Lipinski definition) is 3. The van der Waals surface area contributed by atoms with Gasteiger partial charge in [0.1, 0.15) is 11.4 Å². The van der Waals surface area contributed by atoms with E-state index in [2.05, 4.69) is 5.10 Å². The summed E-state index contributed by atoms with van der Waals surface area (Å²) in [6, 6.07) is 6.68. The van der Waals surface area contributed by atoms with Crippen LogP contribution in [-0.2, 0) is 4.79 Å². The predicted molar refractivity (Wildman–Crippen MR) is 102 cm³/mol. The summed E-state index contributed by atoms with van der Waals surface area (Å²) in [5, 5.41) is 3.87. The molecular formula is C21H17F5N2O2. The number of amides is 1. The molecule has 0 atom stereocenters. The fourth-order valence-corrected chi connectivity index (χ4v) is 2.70. The number of ether oxygens (including phenoxy) is 1. The van der Waals surface area contributed by atoms with E-state index in [0.717, 1.165) is 0 Å². The standard InChI is InChI=1S/C21H17F5N2O2/c1-10(2)9-30-13-6-4-12(5-7-13)8-14-11(3)27-28(21(14)29)20-18(25)16(23)15(22)17(24)19(20)26/h4-8,10H,9H2,1-3H3/b14-8+. The third kappa shape index (κ3) is 3.92. The molecule has 2 aromatic carbocycles. The van der Waals surface area contributed by atoms with Crippen molar-refractivity contribution in [1.29, 1.82) is 0 Å². The van der Waals surface area contributed by atoms with Crippen LogP contribution in [0.25, 0.3) is 6.08 Å². The summed E-state index contributed by atoms with van der Waals surface area (Å²) in [6.45, 7) is 5.92. The summed E-state index contributed by atoms with van der Waals surface area (Å²) in [7, 11) is 0. The number of halogens is 5. The molecular weight excluding hydrogens is 407 g/mol. The average molecular weight is 424 g/mol. The summed E-state index contributed by atoms with van der Waals surface area (Å²) in [6.07, 6.45) is 1.40. The van der Waals surface area contributed by atoms with Crippen molar-refractivity contribution in [1.82, 2.24) is 0 Å². The van der Waals surface area contributed by atoms with Crippen LogP contribution in [0, 0.1) is 35.0 Å². The van der Waals surface area contributed by atoms with E-state index in [0.29, 0.717) is 23.8 Å². The molecule has 158 valence electrons. The third-order valence-electron chi connectivity index (χ3n) is 4.24. The Morgan fingerprint density at radius 1 is 0.967 bits per heavy atom. The minimum absolute atomic E-state index is 0.0465. The summed E-state index contributed by atoms with van der Waals surface area (Å²) in [5.41, 5.74) is -0.848. The molecule has 0 aromatic heterocycles. The molecule has 4 nitrogen and oxygen atoms in total. The van der Waals surface area contributed by atoms with Gasteiger partial charge < -0.3 is 4.74 Å². The van der Waals surface area contributed by atoms with Crippen molar-refractivity contribution < 1.29 is 31.5 Å². The van der Waals surface area contributed by atoms with E-state index in [1.807, 2.05) is 13.8 Å². The zero-order chi connectivity index (χ0) is 22.2. The lowest BCUT2D eigenvalue weighted by molar-refractivity contribution is -0.114. The van der Waals surface area contributed by atoms with Gasteiger partial charge in [-0.3, -0.25) is 4.79 Å². The van der Waals surface area contributed by atoms with Gasteiger partial charge in [-0.1, -0.05) is 26.0 Å². The second-order valence-corrected chi connectivity index (χ2v) is 7.05. The monoisotopic (exact) mass is 424 g/mol. The minimum atomic E-state index is -2.31. The Morgan fingerprint density at radius 2 is 1.50 bits per heavy atom. The van der Waals surface area contributed by atoms with Crippen molar-refractivity contribution in [2.75, 3.05) is 11.6 Å². The normalized spacial score (nSPS) is 15.4. The first-order chi connectivity index (χ1) is 14.1. The molecule has 9 heteroatoms. The van der Waals surface area contributed by atoms with Gasteiger partial charge in [0.2, 0.25) is 5.82 Å². The van der Waals surface area contributed by atoms with E-state index >= 15 is 0 Å². The minimum Gasteiger partial charge on any atom is -0.493 e. The highest BCUT2D eigenvalue weighted by Gasteiger charge is 2.36. The highest BCUT2D eigenvalue weighted by molar-refractivity contribution is 6.32. The number of benzene rings is 2. The summed E-state index contributed by atoms with van der Waals surface area (Å²) in [4.78, 5) is 12.6. The van der Waals surface area contributed by atoms with Crippen LogP contribution >= 0.6 is 0 Å². The van der Waals surface area contributed by atoms with Gasteiger partial charge in [-0.25, -0.2) is 22.0 Å². The van der Waals surface area contributed by atoms with E-state index in [-0.39, 0.29) is 16.3 Å². The number of hydrogen-bond donors (Lipinski definition) is 0. The zero-order valence-corrected chi connectivity index (χ0v) is 16.3. The number of carbonyl (C=O) groups is 1. The molecule has 0 spiro atoms. The smallest absolute Gasteiger partial charge is 0.280 e. The van der Waals surface area contributed by atoms with Gasteiger partial charge in [0.05, 0.1) is 17.9 Å². The lowest BCUT2D eigenvalue weighted by atomic mass is 10.1. The van der Waals surface area contributed by atoms with Gasteiger partial charge in [-0.05, 0) is 36.6 Å². The topological polar surface area (TPSA) is 41.9 Å². The van der Waals surface area contributed by atoms with Gasteiger partial charge in [-0.15, -0.1) is 0 Å². The predicted octanol–water partition coefficient (Wildman–Crippen LogP) is 5.22. The number of carbonyl (C=O) groups excluding carboxylic acids is 1. The van der Waals surface area contributed by atoms with Crippen molar-refractivity contribution in [3.63, 3.8) is 0 Å². The lowest BCUT2D eigenvalue weighted by Gasteiger charge is -2.15. The Balaban J connectivity index is 1.92. The molecule has 0 bridgehead atoms. The largest absolute Gasteiger partial charge is 0.493 e. The Labute approximate surface area is 169 Å². The second-order valence-electron chi connectivity index (χ2n) is 7.05. The Morgan fingerprint density at radius 3 is 2.03 bits per heavy atom. The number of anilines is 1. The third-order valence-corrected chi connectivity index (χ3v) is 4.24. The molecule has 0 saturated carbocycles. The van der Waals surface area contributed by atoms with Gasteiger partial charge in [-0.2, -0.15) is 10.1 Å². The van der Waals surface area contributed by atoms with Crippen molar-refractivity contribution in [2.45, 2.75) is 20.8 Å². The van der Waals surface area contributed by atoms with Gasteiger partial charge in [0.15, 0.2) is 23.3 Å². The maximum absolute atomic E-state index is 14.1. The first-order valence-electron chi connectivity index (χ1n) is 8.97. The molecule has 0 saturated heterocycles. The van der Waals surface area contributed by atoms with Crippen LogP contribution in [0.15, 0.2) is 34.9 Å². The average Bonchev–Trinajstić information content (AvgIpc) is 2.98. The Kier molecular flexibility index (Phi) is 5.91. The maximum atomic E-state index is 14.1. The van der Waals surface area contributed by atoms with Crippen LogP contribution in [0.3, 0.4) is 0 Å². The number of nitrogens with zero attached hydrogens (tertiary/aromatic N) is 2. The summed E-state index contributed by atoms with van der Waals surface area (Å²) < 4.78 is 74.0. The van der Waals surface area contributed by atoms with Crippen LogP contribution in [0.5, 0.6) is 5.75 Å². The number of rotatable bonds is 5. The first kappa shape index (κ1) is 21.5.